The highest BCUT2D eigenvalue weighted by atomic mass is 16.6. The smallest absolute Gasteiger partial charge is 0.362 e. The number of unbranched alkanes of at least 4 members (excludes halogenated alkanes) is 19. The number of esters is 2. The first kappa shape index (κ1) is 50.5. The molecule has 0 saturated heterocycles. The second-order valence-electron chi connectivity index (χ2n) is 15.6. The molecule has 0 aromatic rings. The van der Waals surface area contributed by atoms with Crippen molar-refractivity contribution >= 4 is 17.9 Å². The normalized spacial score (nSPS) is 13.3. The van der Waals surface area contributed by atoms with E-state index in [-0.39, 0.29) is 36.2 Å². The molecule has 0 aromatic heterocycles. The molecular weight excluding hydrogens is 666 g/mol. The molecule has 0 heterocycles. The zero-order valence-corrected chi connectivity index (χ0v) is 35.0. The van der Waals surface area contributed by atoms with Crippen LogP contribution < -0.4 is 0 Å². The molecule has 0 aliphatic heterocycles. The van der Waals surface area contributed by atoms with Gasteiger partial charge in [0.25, 0.3) is 0 Å². The third kappa shape index (κ3) is 35.0. The molecule has 0 amide bonds. The van der Waals surface area contributed by atoms with Gasteiger partial charge < -0.3 is 23.8 Å². The number of ether oxygens (including phenoxy) is 3. The molecule has 0 rings (SSSR count). The monoisotopic (exact) mass is 749 g/mol. The highest BCUT2D eigenvalue weighted by Gasteiger charge is 2.31. The van der Waals surface area contributed by atoms with E-state index >= 15 is 0 Å². The zero-order chi connectivity index (χ0) is 39.3. The molecule has 0 saturated carbocycles. The van der Waals surface area contributed by atoms with Crippen LogP contribution in [-0.2, 0) is 28.6 Å². The lowest BCUT2D eigenvalue weighted by molar-refractivity contribution is -0.887. The van der Waals surface area contributed by atoms with Crippen LogP contribution in [0.5, 0.6) is 0 Å². The van der Waals surface area contributed by atoms with Gasteiger partial charge in [-0.25, -0.2) is 4.79 Å². The predicted octanol–water partition coefficient (Wildman–Crippen LogP) is 11.5. The zero-order valence-electron chi connectivity index (χ0n) is 35.0. The summed E-state index contributed by atoms with van der Waals surface area (Å²) in [5.41, 5.74) is 0. The topological polar surface area (TPSA) is 99.1 Å². The van der Waals surface area contributed by atoms with Gasteiger partial charge in [-0.1, -0.05) is 134 Å². The van der Waals surface area contributed by atoms with Crippen molar-refractivity contribution in [2.24, 2.45) is 0 Å². The van der Waals surface area contributed by atoms with E-state index in [9.17, 15) is 19.5 Å². The number of hydrogen-bond donors (Lipinski definition) is 1. The van der Waals surface area contributed by atoms with Crippen LogP contribution in [0.15, 0.2) is 36.5 Å². The fourth-order valence-electron chi connectivity index (χ4n) is 6.13. The van der Waals surface area contributed by atoms with E-state index in [1.165, 1.54) is 83.5 Å². The van der Waals surface area contributed by atoms with Gasteiger partial charge in [-0.3, -0.25) is 9.59 Å². The van der Waals surface area contributed by atoms with Crippen molar-refractivity contribution in [3.05, 3.63) is 36.5 Å². The molecule has 0 spiro atoms. The Kier molecular flexibility index (Phi) is 34.8. The number of carbonyl (C=O) groups is 3. The lowest BCUT2D eigenvalue weighted by atomic mass is 10.1. The maximum atomic E-state index is 12.7. The van der Waals surface area contributed by atoms with E-state index in [2.05, 4.69) is 50.3 Å². The van der Waals surface area contributed by atoms with Gasteiger partial charge in [-0.05, 0) is 64.2 Å². The first-order valence-corrected chi connectivity index (χ1v) is 21.5. The summed E-state index contributed by atoms with van der Waals surface area (Å²) in [6.45, 7) is 4.67. The van der Waals surface area contributed by atoms with Crippen molar-refractivity contribution in [2.75, 3.05) is 41.0 Å². The van der Waals surface area contributed by atoms with Crippen molar-refractivity contribution in [2.45, 2.75) is 193 Å². The minimum atomic E-state index is -0.882. The maximum Gasteiger partial charge on any atom is 0.362 e. The number of carbonyl (C=O) groups excluding carboxylic acids is 2. The third-order valence-electron chi connectivity index (χ3n) is 9.54. The largest absolute Gasteiger partial charge is 0.477 e. The first-order chi connectivity index (χ1) is 25.6. The predicted molar refractivity (Wildman–Crippen MR) is 220 cm³/mol. The third-order valence-corrected chi connectivity index (χ3v) is 9.54. The number of aliphatic carboxylic acids is 1. The van der Waals surface area contributed by atoms with E-state index in [0.29, 0.717) is 19.3 Å². The Balaban J connectivity index is 4.44. The average molecular weight is 749 g/mol. The Morgan fingerprint density at radius 3 is 1.47 bits per heavy atom. The molecule has 2 unspecified atom stereocenters. The maximum absolute atomic E-state index is 12.7. The van der Waals surface area contributed by atoms with Crippen molar-refractivity contribution in [1.29, 1.82) is 0 Å². The highest BCUT2D eigenvalue weighted by molar-refractivity contribution is 5.72. The molecule has 0 bridgehead atoms. The number of carboxylic acids is 1. The van der Waals surface area contributed by atoms with Gasteiger partial charge in [0.05, 0.1) is 34.4 Å². The Hall–Kier alpha value is -2.45. The lowest BCUT2D eigenvalue weighted by Crippen LogP contribution is -2.50. The Bertz CT molecular complexity index is 968. The number of rotatable bonds is 38. The summed E-state index contributed by atoms with van der Waals surface area (Å²) < 4.78 is 17.2. The van der Waals surface area contributed by atoms with Gasteiger partial charge in [-0.15, -0.1) is 0 Å². The number of hydrogen-bond acceptors (Lipinski definition) is 6. The number of nitrogens with zero attached hydrogens (tertiary/aromatic N) is 1. The summed E-state index contributed by atoms with van der Waals surface area (Å²) in [5, 5.41) is 9.60. The molecule has 2 atom stereocenters. The molecule has 8 nitrogen and oxygen atoms in total. The molecular formula is C45H82NO7+. The summed E-state index contributed by atoms with van der Waals surface area (Å²) in [4.78, 5) is 36.9. The minimum Gasteiger partial charge on any atom is -0.477 e. The van der Waals surface area contributed by atoms with Crippen molar-refractivity contribution in [3.8, 4) is 0 Å². The van der Waals surface area contributed by atoms with Crippen LogP contribution in [0.2, 0.25) is 0 Å². The highest BCUT2D eigenvalue weighted by Crippen LogP contribution is 2.13. The number of quaternary nitrogens is 1. The molecule has 1 N–H and O–H groups in total. The minimum absolute atomic E-state index is 0.0465. The van der Waals surface area contributed by atoms with Crippen LogP contribution in [-0.4, -0.2) is 80.6 Å². The van der Waals surface area contributed by atoms with Crippen molar-refractivity contribution < 1.29 is 38.2 Å². The van der Waals surface area contributed by atoms with Crippen LogP contribution in [0.3, 0.4) is 0 Å². The summed E-state index contributed by atoms with van der Waals surface area (Å²) in [5.74, 6) is -1.52. The Morgan fingerprint density at radius 1 is 0.566 bits per heavy atom. The molecule has 53 heavy (non-hydrogen) atoms. The number of allylic oxidation sites excluding steroid dienone is 6. The van der Waals surface area contributed by atoms with Crippen molar-refractivity contribution in [1.82, 2.24) is 0 Å². The standard InChI is InChI=1S/C45H81NO7/c1-6-8-10-12-14-16-18-20-21-22-24-26-28-30-32-34-36-44(48)53-41(39-51-38-37-42(45(49)50)46(3,4)5)40-52-43(47)35-33-31-29-27-25-23-19-17-15-13-11-9-7-2/h21-26,41-42H,6-20,27-40H2,1-5H3/p+1/b22-21+,25-23+,26-24+. The molecule has 0 fully saturated rings. The molecule has 0 aromatic carbocycles. The van der Waals surface area contributed by atoms with Gasteiger partial charge in [0.15, 0.2) is 12.1 Å². The van der Waals surface area contributed by atoms with Crippen molar-refractivity contribution in [3.63, 3.8) is 0 Å². The summed E-state index contributed by atoms with van der Waals surface area (Å²) in [7, 11) is 5.51. The average Bonchev–Trinajstić information content (AvgIpc) is 3.11. The Labute approximate surface area is 325 Å². The van der Waals surface area contributed by atoms with Crippen LogP contribution in [0, 0.1) is 0 Å². The number of likely N-dealkylation sites (N-methyl/N-ethyl adjacent to an activating group) is 1. The SMILES string of the molecule is CCCCCCCC/C=C/CCCCCC(=O)OCC(COCCC(C(=O)O)[N+](C)(C)C)OC(=O)CCCCC/C=C/C=C/CCCCCCCCC. The van der Waals surface area contributed by atoms with E-state index in [1.807, 2.05) is 21.1 Å². The van der Waals surface area contributed by atoms with E-state index < -0.39 is 18.1 Å². The van der Waals surface area contributed by atoms with Crippen LogP contribution in [0.25, 0.3) is 0 Å². The molecule has 0 aliphatic carbocycles. The lowest BCUT2D eigenvalue weighted by Gasteiger charge is -2.31. The molecule has 0 radical (unpaired) electrons. The van der Waals surface area contributed by atoms with Crippen LogP contribution in [0.4, 0.5) is 0 Å². The second kappa shape index (κ2) is 36.5. The fourth-order valence-corrected chi connectivity index (χ4v) is 6.13. The summed E-state index contributed by atoms with van der Waals surface area (Å²) in [6.07, 6.45) is 40.4. The second-order valence-corrected chi connectivity index (χ2v) is 15.6. The summed E-state index contributed by atoms with van der Waals surface area (Å²) in [6, 6.07) is -0.620. The quantitative estimate of drug-likeness (QED) is 0.0221. The Morgan fingerprint density at radius 2 is 1.00 bits per heavy atom. The van der Waals surface area contributed by atoms with Gasteiger partial charge in [-0.2, -0.15) is 0 Å². The van der Waals surface area contributed by atoms with Gasteiger partial charge in [0.1, 0.15) is 6.61 Å². The van der Waals surface area contributed by atoms with Gasteiger partial charge >= 0.3 is 17.9 Å². The molecule has 8 heteroatoms. The molecule has 308 valence electrons. The summed E-state index contributed by atoms with van der Waals surface area (Å²) >= 11 is 0. The van der Waals surface area contributed by atoms with E-state index in [4.69, 9.17) is 14.2 Å². The van der Waals surface area contributed by atoms with E-state index in [1.54, 1.807) is 0 Å². The van der Waals surface area contributed by atoms with Crippen LogP contribution in [0.1, 0.15) is 181 Å². The van der Waals surface area contributed by atoms with E-state index in [0.717, 1.165) is 64.2 Å². The first-order valence-electron chi connectivity index (χ1n) is 21.5. The molecule has 0 aliphatic rings. The number of carboxylic acid groups (broad SMARTS) is 1. The fraction of sp³-hybridized carbons (Fsp3) is 0.800. The van der Waals surface area contributed by atoms with Gasteiger partial charge in [0, 0.05) is 19.3 Å². The van der Waals surface area contributed by atoms with Gasteiger partial charge in [0.2, 0.25) is 0 Å². The van der Waals surface area contributed by atoms with Crippen LogP contribution >= 0.6 is 0 Å².